The summed E-state index contributed by atoms with van der Waals surface area (Å²) in [5.41, 5.74) is 1.27. The van der Waals surface area contributed by atoms with E-state index in [1.807, 2.05) is 6.92 Å². The molecule has 1 aliphatic rings. The Morgan fingerprint density at radius 2 is 2.05 bits per heavy atom. The number of rotatable bonds is 9. The van der Waals surface area contributed by atoms with Gasteiger partial charge in [-0.3, -0.25) is 0 Å². The fraction of sp³-hybridized carbons (Fsp3) is 0.647. The Morgan fingerprint density at radius 1 is 1.29 bits per heavy atom. The van der Waals surface area contributed by atoms with Crippen LogP contribution < -0.4 is 10.2 Å². The molecule has 2 rings (SSSR count). The van der Waals surface area contributed by atoms with Crippen LogP contribution in [0.3, 0.4) is 0 Å². The van der Waals surface area contributed by atoms with Gasteiger partial charge in [0.25, 0.3) is 0 Å². The quantitative estimate of drug-likeness (QED) is 0.708. The van der Waals surface area contributed by atoms with Crippen molar-refractivity contribution in [3.8, 4) is 0 Å². The third-order valence-electron chi connectivity index (χ3n) is 4.18. The lowest BCUT2D eigenvalue weighted by molar-refractivity contribution is -0.131. The van der Waals surface area contributed by atoms with Crippen molar-refractivity contribution in [2.45, 2.75) is 38.0 Å². The number of hydrogen-bond donors (Lipinski definition) is 1. The molecule has 1 N–H and O–H groups in total. The van der Waals surface area contributed by atoms with Crippen LogP contribution in [0.15, 0.2) is 30.3 Å². The molecule has 4 nitrogen and oxygen atoms in total. The zero-order chi connectivity index (χ0) is 15.1. The predicted octanol–water partition coefficient (Wildman–Crippen LogP) is 2.29. The van der Waals surface area contributed by atoms with Crippen molar-refractivity contribution in [2.24, 2.45) is 0 Å². The highest BCUT2D eigenvalue weighted by atomic mass is 16.5. The normalized spacial score (nSPS) is 24.6. The van der Waals surface area contributed by atoms with Gasteiger partial charge in [0.15, 0.2) is 0 Å². The van der Waals surface area contributed by atoms with E-state index in [0.29, 0.717) is 6.04 Å². The molecule has 1 fully saturated rings. The van der Waals surface area contributed by atoms with Crippen LogP contribution in [0.25, 0.3) is 0 Å². The van der Waals surface area contributed by atoms with E-state index in [4.69, 9.17) is 9.47 Å². The number of anilines is 1. The van der Waals surface area contributed by atoms with E-state index in [-0.39, 0.29) is 12.2 Å². The molecule has 1 saturated carbocycles. The number of para-hydroxylation sites is 1. The standard InChI is InChI=1S/C17H28N2O2/c1-4-21-16-13-15(17(16)20-3)18-11-8-12-19(2)14-9-6-5-7-10-14/h5-7,9-10,15-18H,4,8,11-13H2,1-3H3. The van der Waals surface area contributed by atoms with Crippen molar-refractivity contribution in [1.82, 2.24) is 5.32 Å². The molecule has 0 aromatic heterocycles. The van der Waals surface area contributed by atoms with Crippen LogP contribution >= 0.6 is 0 Å². The average molecular weight is 292 g/mol. The molecular formula is C17H28N2O2. The molecule has 21 heavy (non-hydrogen) atoms. The highest BCUT2D eigenvalue weighted by molar-refractivity contribution is 5.44. The molecule has 1 aliphatic carbocycles. The van der Waals surface area contributed by atoms with Crippen LogP contribution in [0.2, 0.25) is 0 Å². The van der Waals surface area contributed by atoms with Gasteiger partial charge in [0, 0.05) is 39.0 Å². The third kappa shape index (κ3) is 4.43. The first-order valence-corrected chi connectivity index (χ1v) is 7.90. The van der Waals surface area contributed by atoms with E-state index in [1.165, 1.54) is 5.69 Å². The van der Waals surface area contributed by atoms with E-state index in [2.05, 4.69) is 47.6 Å². The van der Waals surface area contributed by atoms with Crippen LogP contribution in [0.4, 0.5) is 5.69 Å². The van der Waals surface area contributed by atoms with Gasteiger partial charge in [-0.05, 0) is 38.4 Å². The summed E-state index contributed by atoms with van der Waals surface area (Å²) in [5, 5.41) is 3.58. The molecule has 0 radical (unpaired) electrons. The molecule has 1 aromatic rings. The molecule has 0 heterocycles. The molecule has 0 spiro atoms. The first-order chi connectivity index (χ1) is 10.3. The Balaban J connectivity index is 1.62. The number of nitrogens with zero attached hydrogens (tertiary/aromatic N) is 1. The van der Waals surface area contributed by atoms with E-state index >= 15 is 0 Å². The van der Waals surface area contributed by atoms with Crippen LogP contribution in [0, 0.1) is 0 Å². The topological polar surface area (TPSA) is 33.7 Å². The maximum atomic E-state index is 5.64. The fourth-order valence-electron chi connectivity index (χ4n) is 2.89. The van der Waals surface area contributed by atoms with E-state index in [1.54, 1.807) is 7.11 Å². The predicted molar refractivity (Wildman–Crippen MR) is 86.9 cm³/mol. The van der Waals surface area contributed by atoms with Gasteiger partial charge in [-0.2, -0.15) is 0 Å². The summed E-state index contributed by atoms with van der Waals surface area (Å²) in [6.07, 6.45) is 2.65. The highest BCUT2D eigenvalue weighted by Gasteiger charge is 2.41. The Hall–Kier alpha value is -1.10. The molecule has 118 valence electrons. The lowest BCUT2D eigenvalue weighted by atomic mass is 9.85. The second-order valence-electron chi connectivity index (χ2n) is 5.60. The molecule has 1 aromatic carbocycles. The third-order valence-corrected chi connectivity index (χ3v) is 4.18. The molecule has 3 unspecified atom stereocenters. The Morgan fingerprint density at radius 3 is 2.71 bits per heavy atom. The zero-order valence-corrected chi connectivity index (χ0v) is 13.4. The summed E-state index contributed by atoms with van der Waals surface area (Å²) in [7, 11) is 3.91. The first kappa shape index (κ1) is 16.3. The van der Waals surface area contributed by atoms with Gasteiger partial charge in [-0.15, -0.1) is 0 Å². The Kier molecular flexibility index (Phi) is 6.49. The minimum atomic E-state index is 0.205. The van der Waals surface area contributed by atoms with Crippen molar-refractivity contribution in [2.75, 3.05) is 38.8 Å². The summed E-state index contributed by atoms with van der Waals surface area (Å²) in [4.78, 5) is 2.29. The van der Waals surface area contributed by atoms with Gasteiger partial charge < -0.3 is 19.7 Å². The number of benzene rings is 1. The number of hydrogen-bond acceptors (Lipinski definition) is 4. The van der Waals surface area contributed by atoms with Crippen molar-refractivity contribution < 1.29 is 9.47 Å². The summed E-state index contributed by atoms with van der Waals surface area (Å²) in [5.74, 6) is 0. The van der Waals surface area contributed by atoms with Gasteiger partial charge in [0.05, 0.1) is 12.2 Å². The second-order valence-corrected chi connectivity index (χ2v) is 5.60. The first-order valence-electron chi connectivity index (χ1n) is 7.90. The molecule has 0 aliphatic heterocycles. The van der Waals surface area contributed by atoms with Gasteiger partial charge in [0.2, 0.25) is 0 Å². The molecule has 4 heteroatoms. The number of methoxy groups -OCH3 is 1. The fourth-order valence-corrected chi connectivity index (χ4v) is 2.89. The molecule has 0 bridgehead atoms. The Bertz CT molecular complexity index is 399. The van der Waals surface area contributed by atoms with Crippen LogP contribution in [-0.2, 0) is 9.47 Å². The van der Waals surface area contributed by atoms with Gasteiger partial charge in [-0.1, -0.05) is 18.2 Å². The molecule has 3 atom stereocenters. The number of ether oxygens (including phenoxy) is 2. The van der Waals surface area contributed by atoms with Crippen LogP contribution in [0.1, 0.15) is 19.8 Å². The summed E-state index contributed by atoms with van der Waals surface area (Å²) in [6, 6.07) is 10.9. The Labute approximate surface area is 128 Å². The lowest BCUT2D eigenvalue weighted by Crippen LogP contribution is -2.60. The van der Waals surface area contributed by atoms with Crippen molar-refractivity contribution in [3.63, 3.8) is 0 Å². The van der Waals surface area contributed by atoms with Gasteiger partial charge in [-0.25, -0.2) is 0 Å². The summed E-state index contributed by atoms with van der Waals surface area (Å²) in [6.45, 7) is 4.86. The summed E-state index contributed by atoms with van der Waals surface area (Å²) >= 11 is 0. The van der Waals surface area contributed by atoms with Crippen molar-refractivity contribution >= 4 is 5.69 Å². The minimum Gasteiger partial charge on any atom is -0.377 e. The zero-order valence-electron chi connectivity index (χ0n) is 13.4. The highest BCUT2D eigenvalue weighted by Crippen LogP contribution is 2.26. The minimum absolute atomic E-state index is 0.205. The van der Waals surface area contributed by atoms with Gasteiger partial charge in [0.1, 0.15) is 0 Å². The second kappa shape index (κ2) is 8.37. The number of nitrogens with one attached hydrogen (secondary N) is 1. The largest absolute Gasteiger partial charge is 0.377 e. The maximum absolute atomic E-state index is 5.64. The average Bonchev–Trinajstić information content (AvgIpc) is 2.50. The monoisotopic (exact) mass is 292 g/mol. The maximum Gasteiger partial charge on any atom is 0.0986 e. The molecule has 0 saturated heterocycles. The molecule has 0 amide bonds. The lowest BCUT2D eigenvalue weighted by Gasteiger charge is -2.43. The SMILES string of the molecule is CCOC1CC(NCCCN(C)c2ccccc2)C1OC. The van der Waals surface area contributed by atoms with Gasteiger partial charge >= 0.3 is 0 Å². The van der Waals surface area contributed by atoms with Crippen LogP contribution in [-0.4, -0.2) is 52.1 Å². The summed E-state index contributed by atoms with van der Waals surface area (Å²) < 4.78 is 11.2. The smallest absolute Gasteiger partial charge is 0.0986 e. The van der Waals surface area contributed by atoms with Crippen molar-refractivity contribution in [1.29, 1.82) is 0 Å². The molecular weight excluding hydrogens is 264 g/mol. The van der Waals surface area contributed by atoms with Crippen LogP contribution in [0.5, 0.6) is 0 Å². The van der Waals surface area contributed by atoms with E-state index in [9.17, 15) is 0 Å². The van der Waals surface area contributed by atoms with E-state index in [0.717, 1.165) is 32.5 Å². The van der Waals surface area contributed by atoms with E-state index < -0.39 is 0 Å². The van der Waals surface area contributed by atoms with Crippen molar-refractivity contribution in [3.05, 3.63) is 30.3 Å².